The second-order valence-corrected chi connectivity index (χ2v) is 9.09. The summed E-state index contributed by atoms with van der Waals surface area (Å²) in [5, 5.41) is 13.5. The number of sulfonamides is 1. The summed E-state index contributed by atoms with van der Waals surface area (Å²) in [6.45, 7) is 1.81. The molecule has 2 aromatic rings. The van der Waals surface area contributed by atoms with Crippen LogP contribution < -0.4 is 5.32 Å². The first-order valence-corrected chi connectivity index (χ1v) is 9.76. The number of hydrogen-bond donors (Lipinski definition) is 2. The van der Waals surface area contributed by atoms with Crippen molar-refractivity contribution in [2.24, 2.45) is 0 Å². The van der Waals surface area contributed by atoms with E-state index in [2.05, 4.69) is 5.32 Å². The van der Waals surface area contributed by atoms with Crippen molar-refractivity contribution in [2.45, 2.75) is 12.5 Å². The lowest BCUT2D eigenvalue weighted by Gasteiger charge is -2.39. The van der Waals surface area contributed by atoms with Crippen LogP contribution in [0.5, 0.6) is 0 Å². The smallest absolute Gasteiger partial charge is 0.239 e. The zero-order valence-electron chi connectivity index (χ0n) is 12.6. The van der Waals surface area contributed by atoms with Gasteiger partial charge in [0.1, 0.15) is 0 Å². The minimum Gasteiger partial charge on any atom is -0.344 e. The first kappa shape index (κ1) is 16.3. The van der Waals surface area contributed by atoms with E-state index in [-0.39, 0.29) is 11.7 Å². The molecule has 5 nitrogen and oxygen atoms in total. The van der Waals surface area contributed by atoms with Crippen LogP contribution in [0.4, 0.5) is 0 Å². The van der Waals surface area contributed by atoms with Gasteiger partial charge in [0.2, 0.25) is 16.0 Å². The summed E-state index contributed by atoms with van der Waals surface area (Å²) in [6.07, 6.45) is 0. The summed E-state index contributed by atoms with van der Waals surface area (Å²) >= 11 is 7.50. The number of nitrogens with one attached hydrogen (secondary N) is 2. The lowest BCUT2D eigenvalue weighted by Crippen LogP contribution is -2.60. The molecular formula is C15H16ClN3O2S2. The van der Waals surface area contributed by atoms with Crippen LogP contribution >= 0.6 is 22.9 Å². The van der Waals surface area contributed by atoms with Gasteiger partial charge in [0.25, 0.3) is 0 Å². The molecule has 0 amide bonds. The van der Waals surface area contributed by atoms with Gasteiger partial charge in [0.15, 0.2) is 0 Å². The maximum absolute atomic E-state index is 12.2. The van der Waals surface area contributed by atoms with Crippen molar-refractivity contribution in [3.8, 4) is 11.1 Å². The minimum absolute atomic E-state index is 0.0889. The van der Waals surface area contributed by atoms with Gasteiger partial charge in [-0.3, -0.25) is 5.41 Å². The largest absolute Gasteiger partial charge is 0.344 e. The highest BCUT2D eigenvalue weighted by Crippen LogP contribution is 2.36. The predicted octanol–water partition coefficient (Wildman–Crippen LogP) is 3.08. The van der Waals surface area contributed by atoms with Gasteiger partial charge in [-0.05, 0) is 41.6 Å². The highest BCUT2D eigenvalue weighted by molar-refractivity contribution is 7.89. The van der Waals surface area contributed by atoms with E-state index >= 15 is 0 Å². The number of thiophene rings is 1. The fourth-order valence-electron chi connectivity index (χ4n) is 2.55. The molecule has 1 aromatic heterocycles. The van der Waals surface area contributed by atoms with Crippen LogP contribution in [-0.4, -0.2) is 31.5 Å². The SMILES string of the molecule is CN1C(=N)N[C@](C)(c2cc(-c3cccc(Cl)c3)cs2)CS1(=O)=O. The molecule has 0 aliphatic carbocycles. The van der Waals surface area contributed by atoms with Gasteiger partial charge in [-0.15, -0.1) is 11.3 Å². The van der Waals surface area contributed by atoms with Gasteiger partial charge >= 0.3 is 0 Å². The normalized spacial score (nSPS) is 23.6. The molecular weight excluding hydrogens is 354 g/mol. The van der Waals surface area contributed by atoms with Gasteiger partial charge in [0.05, 0.1) is 11.3 Å². The van der Waals surface area contributed by atoms with E-state index in [0.717, 1.165) is 20.3 Å². The Hall–Kier alpha value is -1.57. The molecule has 0 radical (unpaired) electrons. The van der Waals surface area contributed by atoms with Crippen LogP contribution in [0, 0.1) is 5.41 Å². The van der Waals surface area contributed by atoms with Crippen molar-refractivity contribution in [3.63, 3.8) is 0 Å². The Balaban J connectivity index is 1.98. The molecule has 8 heteroatoms. The maximum Gasteiger partial charge on any atom is 0.239 e. The summed E-state index contributed by atoms with van der Waals surface area (Å²) < 4.78 is 25.4. The van der Waals surface area contributed by atoms with Gasteiger partial charge in [-0.2, -0.15) is 0 Å². The average molecular weight is 370 g/mol. The summed E-state index contributed by atoms with van der Waals surface area (Å²) in [7, 11) is -2.11. The van der Waals surface area contributed by atoms with Crippen molar-refractivity contribution in [1.29, 1.82) is 5.41 Å². The lowest BCUT2D eigenvalue weighted by atomic mass is 10.0. The molecule has 1 saturated heterocycles. The number of benzene rings is 1. The lowest BCUT2D eigenvalue weighted by molar-refractivity contribution is 0.424. The molecule has 0 spiro atoms. The number of hydrogen-bond acceptors (Lipinski definition) is 4. The fourth-order valence-corrected chi connectivity index (χ4v) is 5.35. The Kier molecular flexibility index (Phi) is 3.90. The molecule has 0 saturated carbocycles. The van der Waals surface area contributed by atoms with E-state index in [1.54, 1.807) is 6.92 Å². The summed E-state index contributed by atoms with van der Waals surface area (Å²) in [5.41, 5.74) is 1.15. The predicted molar refractivity (Wildman–Crippen MR) is 94.5 cm³/mol. The number of guanidine groups is 1. The monoisotopic (exact) mass is 369 g/mol. The molecule has 1 aliphatic rings. The highest BCUT2D eigenvalue weighted by Gasteiger charge is 2.42. The molecule has 122 valence electrons. The summed E-state index contributed by atoms with van der Waals surface area (Å²) in [6, 6.07) is 9.48. The molecule has 2 N–H and O–H groups in total. The Bertz CT molecular complexity index is 878. The van der Waals surface area contributed by atoms with E-state index in [1.165, 1.54) is 18.4 Å². The third kappa shape index (κ3) is 2.96. The Morgan fingerprint density at radius 3 is 2.74 bits per heavy atom. The second-order valence-electron chi connectivity index (χ2n) is 5.74. The Morgan fingerprint density at radius 1 is 1.35 bits per heavy atom. The molecule has 1 aliphatic heterocycles. The number of halogens is 1. The van der Waals surface area contributed by atoms with E-state index < -0.39 is 15.6 Å². The highest BCUT2D eigenvalue weighted by atomic mass is 35.5. The van der Waals surface area contributed by atoms with Crippen molar-refractivity contribution < 1.29 is 8.42 Å². The quantitative estimate of drug-likeness (QED) is 0.854. The molecule has 23 heavy (non-hydrogen) atoms. The summed E-state index contributed by atoms with van der Waals surface area (Å²) in [5.74, 6) is -0.203. The first-order chi connectivity index (χ1) is 10.7. The molecule has 1 fully saturated rings. The van der Waals surface area contributed by atoms with E-state index in [0.29, 0.717) is 5.02 Å². The van der Waals surface area contributed by atoms with E-state index in [9.17, 15) is 8.42 Å². The van der Waals surface area contributed by atoms with Crippen LogP contribution in [0.1, 0.15) is 11.8 Å². The van der Waals surface area contributed by atoms with E-state index in [4.69, 9.17) is 17.0 Å². The zero-order chi connectivity index (χ0) is 16.8. The van der Waals surface area contributed by atoms with Crippen molar-refractivity contribution in [1.82, 2.24) is 9.62 Å². The average Bonchev–Trinajstić information content (AvgIpc) is 2.95. The molecule has 1 aromatic carbocycles. The Morgan fingerprint density at radius 2 is 2.09 bits per heavy atom. The van der Waals surface area contributed by atoms with E-state index in [1.807, 2.05) is 35.7 Å². The molecule has 3 rings (SSSR count). The zero-order valence-corrected chi connectivity index (χ0v) is 15.0. The molecule has 2 heterocycles. The fraction of sp³-hybridized carbons (Fsp3) is 0.267. The number of rotatable bonds is 2. The third-order valence-corrected chi connectivity index (χ3v) is 7.29. The summed E-state index contributed by atoms with van der Waals surface area (Å²) in [4.78, 5) is 0.869. The van der Waals surface area contributed by atoms with Crippen LogP contribution in [-0.2, 0) is 15.6 Å². The molecule has 0 bridgehead atoms. The van der Waals surface area contributed by atoms with Crippen LogP contribution in [0.15, 0.2) is 35.7 Å². The molecule has 1 atom stereocenters. The van der Waals surface area contributed by atoms with Gasteiger partial charge in [-0.25, -0.2) is 12.7 Å². The van der Waals surface area contributed by atoms with Gasteiger partial charge in [0, 0.05) is 16.9 Å². The first-order valence-electron chi connectivity index (χ1n) is 6.90. The van der Waals surface area contributed by atoms with Gasteiger partial charge in [-0.1, -0.05) is 23.7 Å². The standard InChI is InChI=1S/C15H16ClN3O2S2/c1-15(9-23(20,21)19(2)14(17)18-15)13-7-11(8-22-13)10-4-3-5-12(16)6-10/h3-8H,9H2,1-2H3,(H2,17,18)/t15-/m0/s1. The third-order valence-electron chi connectivity index (χ3n) is 3.90. The van der Waals surface area contributed by atoms with Gasteiger partial charge < -0.3 is 5.32 Å². The molecule has 0 unspecified atom stereocenters. The van der Waals surface area contributed by atoms with Crippen molar-refractivity contribution in [3.05, 3.63) is 45.6 Å². The van der Waals surface area contributed by atoms with Crippen LogP contribution in [0.2, 0.25) is 5.02 Å². The maximum atomic E-state index is 12.2. The van der Waals surface area contributed by atoms with Crippen LogP contribution in [0.25, 0.3) is 11.1 Å². The van der Waals surface area contributed by atoms with Crippen LogP contribution in [0.3, 0.4) is 0 Å². The Labute approximate surface area is 144 Å². The topological polar surface area (TPSA) is 73.3 Å². The van der Waals surface area contributed by atoms with Crippen molar-refractivity contribution >= 4 is 38.9 Å². The number of nitrogens with zero attached hydrogens (tertiary/aromatic N) is 1. The van der Waals surface area contributed by atoms with Crippen molar-refractivity contribution in [2.75, 3.05) is 12.8 Å². The minimum atomic E-state index is -3.50. The second kappa shape index (κ2) is 5.51.